The highest BCUT2D eigenvalue weighted by Gasteiger charge is 2.15. The molecule has 3 nitrogen and oxygen atoms in total. The van der Waals surface area contributed by atoms with E-state index in [0.717, 1.165) is 19.4 Å². The van der Waals surface area contributed by atoms with Crippen molar-refractivity contribution in [2.45, 2.75) is 52.5 Å². The Labute approximate surface area is 94.6 Å². The Bertz CT molecular complexity index is 258. The van der Waals surface area contributed by atoms with Crippen molar-refractivity contribution in [3.05, 3.63) is 0 Å². The molecule has 0 unspecified atom stereocenters. The Morgan fingerprint density at radius 2 is 1.80 bits per heavy atom. The van der Waals surface area contributed by atoms with Crippen LogP contribution >= 0.6 is 0 Å². The number of sulfone groups is 1. The molecular weight excluding hydrogens is 210 g/mol. The lowest BCUT2D eigenvalue weighted by molar-refractivity contribution is 0.360. The molecule has 0 rings (SSSR count). The molecule has 0 heterocycles. The first-order valence-corrected chi connectivity index (χ1v) is 7.60. The van der Waals surface area contributed by atoms with Crippen molar-refractivity contribution in [3.63, 3.8) is 0 Å². The SMILES string of the molecule is CCCC(C)(C)NCCCS(=O)(=O)CC. The summed E-state index contributed by atoms with van der Waals surface area (Å²) in [6, 6.07) is 0. The highest BCUT2D eigenvalue weighted by Crippen LogP contribution is 2.10. The maximum Gasteiger partial charge on any atom is 0.150 e. The molecule has 0 aliphatic rings. The second-order valence-corrected chi connectivity index (χ2v) is 7.12. The molecule has 0 bridgehead atoms. The van der Waals surface area contributed by atoms with Gasteiger partial charge in [0.05, 0.1) is 5.75 Å². The fourth-order valence-electron chi connectivity index (χ4n) is 1.58. The van der Waals surface area contributed by atoms with Gasteiger partial charge in [-0.2, -0.15) is 0 Å². The van der Waals surface area contributed by atoms with E-state index in [0.29, 0.717) is 12.2 Å². The topological polar surface area (TPSA) is 46.2 Å². The first kappa shape index (κ1) is 14.9. The summed E-state index contributed by atoms with van der Waals surface area (Å²) in [6.07, 6.45) is 2.98. The Hall–Kier alpha value is -0.0900. The second kappa shape index (κ2) is 6.48. The molecule has 0 aliphatic carbocycles. The minimum Gasteiger partial charge on any atom is -0.312 e. The normalized spacial score (nSPS) is 13.1. The van der Waals surface area contributed by atoms with Crippen LogP contribution in [0.3, 0.4) is 0 Å². The van der Waals surface area contributed by atoms with Crippen molar-refractivity contribution in [2.24, 2.45) is 0 Å². The summed E-state index contributed by atoms with van der Waals surface area (Å²) in [5, 5.41) is 3.39. The van der Waals surface area contributed by atoms with Crippen LogP contribution in [0.4, 0.5) is 0 Å². The summed E-state index contributed by atoms with van der Waals surface area (Å²) >= 11 is 0. The Morgan fingerprint density at radius 3 is 2.27 bits per heavy atom. The van der Waals surface area contributed by atoms with Gasteiger partial charge in [-0.3, -0.25) is 0 Å². The molecule has 0 spiro atoms. The van der Waals surface area contributed by atoms with E-state index in [1.807, 2.05) is 0 Å². The van der Waals surface area contributed by atoms with Gasteiger partial charge >= 0.3 is 0 Å². The molecular formula is C11H25NO2S. The Morgan fingerprint density at radius 1 is 1.20 bits per heavy atom. The minimum atomic E-state index is -2.79. The maximum atomic E-state index is 11.2. The van der Waals surface area contributed by atoms with Crippen LogP contribution < -0.4 is 5.32 Å². The lowest BCUT2D eigenvalue weighted by atomic mass is 9.99. The van der Waals surface area contributed by atoms with E-state index in [1.54, 1.807) is 6.92 Å². The molecule has 0 saturated heterocycles. The number of rotatable bonds is 8. The van der Waals surface area contributed by atoms with Gasteiger partial charge in [-0.15, -0.1) is 0 Å². The summed E-state index contributed by atoms with van der Waals surface area (Å²) in [6.45, 7) is 8.95. The molecule has 0 amide bonds. The van der Waals surface area contributed by atoms with Crippen LogP contribution in [-0.4, -0.2) is 32.0 Å². The third kappa shape index (κ3) is 7.79. The zero-order chi connectivity index (χ0) is 11.9. The van der Waals surface area contributed by atoms with Gasteiger partial charge < -0.3 is 5.32 Å². The summed E-state index contributed by atoms with van der Waals surface area (Å²) < 4.78 is 22.4. The molecule has 0 atom stereocenters. The van der Waals surface area contributed by atoms with Crippen LogP contribution in [0.15, 0.2) is 0 Å². The average Bonchev–Trinajstić information content (AvgIpc) is 2.13. The molecule has 92 valence electrons. The zero-order valence-corrected chi connectivity index (χ0v) is 11.3. The van der Waals surface area contributed by atoms with Gasteiger partial charge in [-0.25, -0.2) is 8.42 Å². The lowest BCUT2D eigenvalue weighted by Crippen LogP contribution is -2.40. The van der Waals surface area contributed by atoms with E-state index >= 15 is 0 Å². The molecule has 0 aromatic carbocycles. The van der Waals surface area contributed by atoms with Crippen LogP contribution in [0.5, 0.6) is 0 Å². The van der Waals surface area contributed by atoms with Crippen LogP contribution in [-0.2, 0) is 9.84 Å². The van der Waals surface area contributed by atoms with Gasteiger partial charge in [0, 0.05) is 11.3 Å². The van der Waals surface area contributed by atoms with Crippen molar-refractivity contribution >= 4 is 9.84 Å². The van der Waals surface area contributed by atoms with Crippen molar-refractivity contribution in [3.8, 4) is 0 Å². The summed E-state index contributed by atoms with van der Waals surface area (Å²) in [4.78, 5) is 0. The van der Waals surface area contributed by atoms with E-state index in [9.17, 15) is 8.42 Å². The highest BCUT2D eigenvalue weighted by atomic mass is 32.2. The average molecular weight is 235 g/mol. The van der Waals surface area contributed by atoms with Gasteiger partial charge in [0.2, 0.25) is 0 Å². The van der Waals surface area contributed by atoms with Crippen LogP contribution in [0, 0.1) is 0 Å². The third-order valence-corrected chi connectivity index (χ3v) is 4.34. The van der Waals surface area contributed by atoms with E-state index in [4.69, 9.17) is 0 Å². The number of hydrogen-bond acceptors (Lipinski definition) is 3. The lowest BCUT2D eigenvalue weighted by Gasteiger charge is -2.25. The first-order valence-electron chi connectivity index (χ1n) is 5.78. The molecule has 0 aliphatic heterocycles. The summed E-state index contributed by atoms with van der Waals surface area (Å²) in [7, 11) is -2.79. The third-order valence-electron chi connectivity index (χ3n) is 2.55. The Kier molecular flexibility index (Phi) is 6.44. The molecule has 0 fully saturated rings. The van der Waals surface area contributed by atoms with Crippen molar-refractivity contribution in [2.75, 3.05) is 18.1 Å². The van der Waals surface area contributed by atoms with Gasteiger partial charge in [0.25, 0.3) is 0 Å². The number of hydrogen-bond donors (Lipinski definition) is 1. The molecule has 4 heteroatoms. The predicted molar refractivity (Wildman–Crippen MR) is 65.9 cm³/mol. The van der Waals surface area contributed by atoms with Crippen molar-refractivity contribution in [1.82, 2.24) is 5.32 Å². The molecule has 1 N–H and O–H groups in total. The predicted octanol–water partition coefficient (Wildman–Crippen LogP) is 1.98. The fourth-order valence-corrected chi connectivity index (χ4v) is 2.45. The summed E-state index contributed by atoms with van der Waals surface area (Å²) in [5.41, 5.74) is 0.130. The monoisotopic (exact) mass is 235 g/mol. The van der Waals surface area contributed by atoms with Crippen molar-refractivity contribution < 1.29 is 8.42 Å². The van der Waals surface area contributed by atoms with Crippen LogP contribution in [0.25, 0.3) is 0 Å². The standard InChI is InChI=1S/C11H25NO2S/c1-5-8-11(3,4)12-9-7-10-15(13,14)6-2/h12H,5-10H2,1-4H3. The van der Waals surface area contributed by atoms with Crippen molar-refractivity contribution in [1.29, 1.82) is 0 Å². The molecule has 0 saturated carbocycles. The van der Waals surface area contributed by atoms with E-state index in [1.165, 1.54) is 0 Å². The molecule has 15 heavy (non-hydrogen) atoms. The fraction of sp³-hybridized carbons (Fsp3) is 1.00. The smallest absolute Gasteiger partial charge is 0.150 e. The quantitative estimate of drug-likeness (QED) is 0.654. The van der Waals surface area contributed by atoms with Crippen LogP contribution in [0.1, 0.15) is 47.0 Å². The first-order chi connectivity index (χ1) is 6.83. The molecule has 0 radical (unpaired) electrons. The van der Waals surface area contributed by atoms with E-state index in [2.05, 4.69) is 26.1 Å². The van der Waals surface area contributed by atoms with E-state index in [-0.39, 0.29) is 11.3 Å². The zero-order valence-electron chi connectivity index (χ0n) is 10.5. The van der Waals surface area contributed by atoms with Gasteiger partial charge in [0.1, 0.15) is 9.84 Å². The molecule has 0 aromatic heterocycles. The Balaban J connectivity index is 3.72. The largest absolute Gasteiger partial charge is 0.312 e. The molecule has 0 aromatic rings. The van der Waals surface area contributed by atoms with Gasteiger partial charge in [-0.05, 0) is 33.2 Å². The van der Waals surface area contributed by atoms with Gasteiger partial charge in [-0.1, -0.05) is 20.3 Å². The van der Waals surface area contributed by atoms with Gasteiger partial charge in [0.15, 0.2) is 0 Å². The highest BCUT2D eigenvalue weighted by molar-refractivity contribution is 7.91. The number of nitrogens with one attached hydrogen (secondary N) is 1. The maximum absolute atomic E-state index is 11.2. The van der Waals surface area contributed by atoms with E-state index < -0.39 is 9.84 Å². The van der Waals surface area contributed by atoms with Crippen LogP contribution in [0.2, 0.25) is 0 Å². The minimum absolute atomic E-state index is 0.130. The summed E-state index contributed by atoms with van der Waals surface area (Å²) in [5.74, 6) is 0.560. The second-order valence-electron chi connectivity index (χ2n) is 4.65.